The van der Waals surface area contributed by atoms with E-state index in [0.29, 0.717) is 19.8 Å². The predicted octanol–water partition coefficient (Wildman–Crippen LogP) is 1.67. The zero-order valence-corrected chi connectivity index (χ0v) is 10.4. The molecule has 4 heteroatoms. The van der Waals surface area contributed by atoms with Crippen molar-refractivity contribution in [1.29, 1.82) is 0 Å². The second-order valence-electron chi connectivity index (χ2n) is 4.30. The van der Waals surface area contributed by atoms with Gasteiger partial charge in [-0.15, -0.1) is 0 Å². The lowest BCUT2D eigenvalue weighted by Gasteiger charge is -2.29. The van der Waals surface area contributed by atoms with Crippen molar-refractivity contribution in [3.63, 3.8) is 0 Å². The molecule has 0 saturated carbocycles. The van der Waals surface area contributed by atoms with Gasteiger partial charge in [0.2, 0.25) is 0 Å². The maximum Gasteiger partial charge on any atom is 0.161 e. The van der Waals surface area contributed by atoms with Crippen LogP contribution < -0.4 is 15.2 Å². The van der Waals surface area contributed by atoms with Gasteiger partial charge in [-0.2, -0.15) is 0 Å². The fourth-order valence-corrected chi connectivity index (χ4v) is 2.00. The summed E-state index contributed by atoms with van der Waals surface area (Å²) in [6.45, 7) is 3.73. The van der Waals surface area contributed by atoms with E-state index in [-0.39, 0.29) is 0 Å². The minimum absolute atomic E-state index is 0.468. The van der Waals surface area contributed by atoms with E-state index in [1.165, 1.54) is 0 Å². The standard InChI is InChI=1S/C13H19NO3/c1-3-13(14,9-15-2)10-4-5-11-12(8-10)17-7-6-16-11/h4-5,8H,3,6-7,9,14H2,1-2H3. The van der Waals surface area contributed by atoms with E-state index in [2.05, 4.69) is 6.92 Å². The molecule has 2 N–H and O–H groups in total. The monoisotopic (exact) mass is 237 g/mol. The smallest absolute Gasteiger partial charge is 0.161 e. The van der Waals surface area contributed by atoms with Gasteiger partial charge in [-0.05, 0) is 24.1 Å². The maximum atomic E-state index is 6.34. The third-order valence-corrected chi connectivity index (χ3v) is 3.15. The van der Waals surface area contributed by atoms with Gasteiger partial charge in [-0.1, -0.05) is 13.0 Å². The Morgan fingerprint density at radius 1 is 1.29 bits per heavy atom. The van der Waals surface area contributed by atoms with Crippen LogP contribution in [0, 0.1) is 0 Å². The Hall–Kier alpha value is -1.26. The number of hydrogen-bond acceptors (Lipinski definition) is 4. The Balaban J connectivity index is 2.32. The molecular weight excluding hydrogens is 218 g/mol. The summed E-state index contributed by atoms with van der Waals surface area (Å²) in [4.78, 5) is 0. The van der Waals surface area contributed by atoms with Gasteiger partial charge in [0, 0.05) is 7.11 Å². The van der Waals surface area contributed by atoms with Crippen molar-refractivity contribution in [3.05, 3.63) is 23.8 Å². The van der Waals surface area contributed by atoms with E-state index in [0.717, 1.165) is 23.5 Å². The third-order valence-electron chi connectivity index (χ3n) is 3.15. The third kappa shape index (κ3) is 2.37. The summed E-state index contributed by atoms with van der Waals surface area (Å²) in [5.74, 6) is 1.56. The summed E-state index contributed by atoms with van der Waals surface area (Å²) in [5, 5.41) is 0. The Bertz CT molecular complexity index is 394. The molecule has 0 spiro atoms. The molecule has 1 atom stereocenters. The lowest BCUT2D eigenvalue weighted by atomic mass is 9.89. The van der Waals surface area contributed by atoms with Crippen LogP contribution in [0.3, 0.4) is 0 Å². The highest BCUT2D eigenvalue weighted by molar-refractivity contribution is 5.45. The summed E-state index contributed by atoms with van der Waals surface area (Å²) < 4.78 is 16.2. The van der Waals surface area contributed by atoms with Gasteiger partial charge in [-0.3, -0.25) is 0 Å². The molecule has 4 nitrogen and oxygen atoms in total. The van der Waals surface area contributed by atoms with Crippen molar-refractivity contribution < 1.29 is 14.2 Å². The van der Waals surface area contributed by atoms with Crippen LogP contribution in [0.5, 0.6) is 11.5 Å². The van der Waals surface area contributed by atoms with Crippen LogP contribution >= 0.6 is 0 Å². The van der Waals surface area contributed by atoms with Crippen LogP contribution in [0.1, 0.15) is 18.9 Å². The number of rotatable bonds is 4. The molecule has 0 aliphatic carbocycles. The van der Waals surface area contributed by atoms with Crippen molar-refractivity contribution in [2.24, 2.45) is 5.73 Å². The molecule has 0 bridgehead atoms. The fraction of sp³-hybridized carbons (Fsp3) is 0.538. The first-order chi connectivity index (χ1) is 8.19. The maximum absolute atomic E-state index is 6.34. The molecule has 1 unspecified atom stereocenters. The summed E-state index contributed by atoms with van der Waals surface area (Å²) in [5.41, 5.74) is 6.89. The molecular formula is C13H19NO3. The second-order valence-corrected chi connectivity index (χ2v) is 4.30. The summed E-state index contributed by atoms with van der Waals surface area (Å²) in [6, 6.07) is 5.85. The molecule has 0 aromatic heterocycles. The molecule has 17 heavy (non-hydrogen) atoms. The van der Waals surface area contributed by atoms with Crippen molar-refractivity contribution >= 4 is 0 Å². The number of nitrogens with two attached hydrogens (primary N) is 1. The molecule has 1 aliphatic heterocycles. The summed E-state index contributed by atoms with van der Waals surface area (Å²) in [7, 11) is 1.66. The largest absolute Gasteiger partial charge is 0.486 e. The molecule has 2 rings (SSSR count). The van der Waals surface area contributed by atoms with E-state index in [1.807, 2.05) is 18.2 Å². The van der Waals surface area contributed by atoms with Crippen molar-refractivity contribution in [2.75, 3.05) is 26.9 Å². The van der Waals surface area contributed by atoms with Gasteiger partial charge < -0.3 is 19.9 Å². The number of methoxy groups -OCH3 is 1. The molecule has 94 valence electrons. The van der Waals surface area contributed by atoms with Crippen molar-refractivity contribution in [1.82, 2.24) is 0 Å². The molecule has 1 aliphatic rings. The van der Waals surface area contributed by atoms with Gasteiger partial charge >= 0.3 is 0 Å². The minimum atomic E-state index is -0.468. The average Bonchev–Trinajstić information content (AvgIpc) is 2.38. The van der Waals surface area contributed by atoms with E-state index in [1.54, 1.807) is 7.11 Å². The molecule has 0 amide bonds. The topological polar surface area (TPSA) is 53.7 Å². The van der Waals surface area contributed by atoms with Crippen LogP contribution in [-0.4, -0.2) is 26.9 Å². The van der Waals surface area contributed by atoms with Gasteiger partial charge in [0.1, 0.15) is 13.2 Å². The Labute approximate surface area is 102 Å². The van der Waals surface area contributed by atoms with E-state index in [4.69, 9.17) is 19.9 Å². The fourth-order valence-electron chi connectivity index (χ4n) is 2.00. The van der Waals surface area contributed by atoms with Crippen molar-refractivity contribution in [2.45, 2.75) is 18.9 Å². The predicted molar refractivity (Wildman–Crippen MR) is 65.5 cm³/mol. The second kappa shape index (κ2) is 4.94. The molecule has 0 fully saturated rings. The first kappa shape index (κ1) is 12.2. The molecule has 1 aromatic carbocycles. The Kier molecular flexibility index (Phi) is 3.54. The van der Waals surface area contributed by atoms with Crippen LogP contribution in [0.2, 0.25) is 0 Å². The van der Waals surface area contributed by atoms with Gasteiger partial charge in [-0.25, -0.2) is 0 Å². The SMILES string of the molecule is CCC(N)(COC)c1ccc2c(c1)OCCO2. The molecule has 1 heterocycles. The number of fused-ring (bicyclic) bond motifs is 1. The zero-order chi connectivity index (χ0) is 12.3. The van der Waals surface area contributed by atoms with Crippen LogP contribution in [-0.2, 0) is 10.3 Å². The van der Waals surface area contributed by atoms with Gasteiger partial charge in [0.25, 0.3) is 0 Å². The molecule has 0 radical (unpaired) electrons. The van der Waals surface area contributed by atoms with Gasteiger partial charge in [0.15, 0.2) is 11.5 Å². The molecule has 0 saturated heterocycles. The van der Waals surface area contributed by atoms with E-state index in [9.17, 15) is 0 Å². The number of hydrogen-bond donors (Lipinski definition) is 1. The van der Waals surface area contributed by atoms with E-state index < -0.39 is 5.54 Å². The highest BCUT2D eigenvalue weighted by atomic mass is 16.6. The average molecular weight is 237 g/mol. The highest BCUT2D eigenvalue weighted by Gasteiger charge is 2.27. The van der Waals surface area contributed by atoms with Crippen LogP contribution in [0.15, 0.2) is 18.2 Å². The normalized spacial score (nSPS) is 17.6. The highest BCUT2D eigenvalue weighted by Crippen LogP contribution is 2.34. The first-order valence-electron chi connectivity index (χ1n) is 5.87. The lowest BCUT2D eigenvalue weighted by Crippen LogP contribution is -2.40. The number of ether oxygens (including phenoxy) is 3. The van der Waals surface area contributed by atoms with Crippen LogP contribution in [0.25, 0.3) is 0 Å². The van der Waals surface area contributed by atoms with Gasteiger partial charge in [0.05, 0.1) is 12.1 Å². The van der Waals surface area contributed by atoms with E-state index >= 15 is 0 Å². The Morgan fingerprint density at radius 2 is 2.00 bits per heavy atom. The minimum Gasteiger partial charge on any atom is -0.486 e. The lowest BCUT2D eigenvalue weighted by molar-refractivity contribution is 0.128. The first-order valence-corrected chi connectivity index (χ1v) is 5.87. The molecule has 1 aromatic rings. The quantitative estimate of drug-likeness (QED) is 0.865. The summed E-state index contributed by atoms with van der Waals surface area (Å²) in [6.07, 6.45) is 0.806. The zero-order valence-electron chi connectivity index (χ0n) is 10.4. The van der Waals surface area contributed by atoms with Crippen LogP contribution in [0.4, 0.5) is 0 Å². The Morgan fingerprint density at radius 3 is 2.65 bits per heavy atom. The van der Waals surface area contributed by atoms with Crippen molar-refractivity contribution in [3.8, 4) is 11.5 Å². The summed E-state index contributed by atoms with van der Waals surface area (Å²) >= 11 is 0. The number of benzene rings is 1.